The summed E-state index contributed by atoms with van der Waals surface area (Å²) in [6.45, 7) is 0.728. The smallest absolute Gasteiger partial charge is 0.224 e. The van der Waals surface area contributed by atoms with Crippen LogP contribution in [0.5, 0.6) is 0 Å². The lowest BCUT2D eigenvalue weighted by molar-refractivity contribution is 0.126. The number of halogens is 3. The van der Waals surface area contributed by atoms with Gasteiger partial charge in [-0.05, 0) is 32.1 Å². The van der Waals surface area contributed by atoms with E-state index in [9.17, 15) is 18.3 Å². The van der Waals surface area contributed by atoms with Crippen LogP contribution in [-0.2, 0) is 4.74 Å². The molecule has 0 amide bonds. The van der Waals surface area contributed by atoms with Gasteiger partial charge in [-0.3, -0.25) is 4.57 Å². The van der Waals surface area contributed by atoms with Gasteiger partial charge in [0.2, 0.25) is 11.9 Å². The molecule has 8 nitrogen and oxygen atoms in total. The van der Waals surface area contributed by atoms with Crippen LogP contribution < -0.4 is 10.6 Å². The third-order valence-electron chi connectivity index (χ3n) is 5.41. The molecule has 3 heterocycles. The topological polar surface area (TPSA) is 97.1 Å². The van der Waals surface area contributed by atoms with E-state index in [1.807, 2.05) is 0 Å². The summed E-state index contributed by atoms with van der Waals surface area (Å²) in [5.41, 5.74) is -0.0418. The molecule has 1 aliphatic heterocycles. The second-order valence-electron chi connectivity index (χ2n) is 7.62. The molecule has 1 saturated heterocycles. The summed E-state index contributed by atoms with van der Waals surface area (Å²) in [5.74, 6) is -3.33. The van der Waals surface area contributed by atoms with Gasteiger partial charge in [0, 0.05) is 27.5 Å². The van der Waals surface area contributed by atoms with Crippen LogP contribution in [-0.4, -0.2) is 49.9 Å². The molecule has 5 rings (SSSR count). The number of rotatable bonds is 5. The van der Waals surface area contributed by atoms with E-state index in [1.165, 1.54) is 6.20 Å². The molecule has 170 valence electrons. The Labute approximate surface area is 187 Å². The monoisotopic (exact) mass is 452 g/mol. The van der Waals surface area contributed by atoms with Crippen LogP contribution in [0.4, 0.5) is 30.8 Å². The fraction of sp³-hybridized carbons (Fsp3) is 0.476. The first-order valence-corrected chi connectivity index (χ1v) is 10.1. The second-order valence-corrected chi connectivity index (χ2v) is 7.62. The fourth-order valence-electron chi connectivity index (χ4n) is 3.80. The van der Waals surface area contributed by atoms with Gasteiger partial charge in [0.15, 0.2) is 17.3 Å². The van der Waals surface area contributed by atoms with E-state index in [0.29, 0.717) is 25.2 Å². The Morgan fingerprint density at radius 1 is 1.16 bits per heavy atom. The van der Waals surface area contributed by atoms with Crippen LogP contribution in [0.15, 0.2) is 18.3 Å². The summed E-state index contributed by atoms with van der Waals surface area (Å²) >= 11 is 0. The van der Waals surface area contributed by atoms with Crippen LogP contribution in [0.2, 0.25) is 0 Å². The number of nitrogens with zero attached hydrogens (tertiary/aromatic N) is 4. The van der Waals surface area contributed by atoms with Gasteiger partial charge in [0.1, 0.15) is 17.0 Å². The molecule has 2 aromatic heterocycles. The number of aromatic nitrogens is 4. The number of imidazole rings is 1. The largest absolute Gasteiger partial charge is 0.393 e. The summed E-state index contributed by atoms with van der Waals surface area (Å²) in [5, 5.41) is 15.4. The van der Waals surface area contributed by atoms with Crippen molar-refractivity contribution in [1.29, 1.82) is 0 Å². The van der Waals surface area contributed by atoms with E-state index in [-0.39, 0.29) is 48.6 Å². The van der Waals surface area contributed by atoms with Crippen molar-refractivity contribution in [3.63, 3.8) is 0 Å². The van der Waals surface area contributed by atoms with Crippen molar-refractivity contribution in [2.45, 2.75) is 50.2 Å². The molecule has 1 aromatic carbocycles. The van der Waals surface area contributed by atoms with E-state index < -0.39 is 48.0 Å². The Bertz CT molecular complexity index is 1300. The maximum absolute atomic E-state index is 14.3. The zero-order valence-electron chi connectivity index (χ0n) is 20.8. The Morgan fingerprint density at radius 2 is 1.97 bits per heavy atom. The SMILES string of the molecule is [2H]C1(Nc2ncc3nc(Nc4c(F)cc(F)cc4F)n(C4CCOC4)c3n2)CCC([2H])(O)C([2H])([2H])C1. The van der Waals surface area contributed by atoms with E-state index in [1.54, 1.807) is 4.57 Å². The number of fused-ring (bicyclic) bond motifs is 1. The molecular formula is C21H23F3N6O2. The molecule has 1 aliphatic carbocycles. The van der Waals surface area contributed by atoms with Crippen molar-refractivity contribution in [3.8, 4) is 0 Å². The third kappa shape index (κ3) is 4.09. The lowest BCUT2D eigenvalue weighted by Gasteiger charge is -2.26. The van der Waals surface area contributed by atoms with Crippen molar-refractivity contribution < 1.29 is 28.5 Å². The molecule has 3 aromatic rings. The summed E-state index contributed by atoms with van der Waals surface area (Å²) in [6.07, 6.45) is -3.51. The van der Waals surface area contributed by atoms with Crippen molar-refractivity contribution in [2.24, 2.45) is 0 Å². The number of ether oxygens (including phenoxy) is 1. The van der Waals surface area contributed by atoms with Crippen LogP contribution in [0.3, 0.4) is 0 Å². The normalized spacial score (nSPS) is 31.6. The molecule has 1 saturated carbocycles. The number of nitrogens with one attached hydrogen (secondary N) is 2. The highest BCUT2D eigenvalue weighted by Crippen LogP contribution is 2.32. The van der Waals surface area contributed by atoms with Crippen LogP contribution in [0.25, 0.3) is 11.2 Å². The molecule has 0 spiro atoms. The van der Waals surface area contributed by atoms with Crippen LogP contribution in [0.1, 0.15) is 43.6 Å². The quantitative estimate of drug-likeness (QED) is 0.544. The Kier molecular flexibility index (Phi) is 4.45. The van der Waals surface area contributed by atoms with E-state index in [4.69, 9.17) is 10.2 Å². The number of hydrogen-bond donors (Lipinski definition) is 3. The maximum atomic E-state index is 14.3. The van der Waals surface area contributed by atoms with Gasteiger partial charge in [-0.1, -0.05) is 0 Å². The Balaban J connectivity index is 1.52. The minimum atomic E-state index is -2.34. The first-order chi connectivity index (χ1) is 16.9. The average molecular weight is 452 g/mol. The predicted molar refractivity (Wildman–Crippen MR) is 111 cm³/mol. The van der Waals surface area contributed by atoms with Gasteiger partial charge in [0.25, 0.3) is 0 Å². The molecule has 3 N–H and O–H groups in total. The first-order valence-electron chi connectivity index (χ1n) is 12.1. The molecule has 3 atom stereocenters. The Hall–Kier alpha value is -2.92. The predicted octanol–water partition coefficient (Wildman–Crippen LogP) is 3.66. The van der Waals surface area contributed by atoms with Gasteiger partial charge < -0.3 is 20.5 Å². The standard InChI is InChI=1S/C21H23F3N6O2/c22-11-7-15(23)18(16(24)8-11)28-21-27-17-9-25-20(26-12-1-3-14(31)4-2-12)29-19(17)30(21)13-5-6-32-10-13/h7-9,12-14,31H,1-6,10H2,(H,27,28)(H,25,26,29)/i3D2,12D,14D. The van der Waals surface area contributed by atoms with Crippen molar-refractivity contribution in [3.05, 3.63) is 35.8 Å². The molecule has 0 radical (unpaired) electrons. The number of anilines is 3. The summed E-state index contributed by atoms with van der Waals surface area (Å²) < 4.78 is 81.5. The molecular weight excluding hydrogens is 425 g/mol. The molecule has 11 heteroatoms. The molecule has 2 aliphatic rings. The Morgan fingerprint density at radius 3 is 2.69 bits per heavy atom. The van der Waals surface area contributed by atoms with Crippen molar-refractivity contribution >= 4 is 28.7 Å². The highest BCUT2D eigenvalue weighted by molar-refractivity contribution is 5.76. The average Bonchev–Trinajstić information content (AvgIpc) is 3.40. The molecule has 2 fully saturated rings. The highest BCUT2D eigenvalue weighted by atomic mass is 19.1. The first kappa shape index (κ1) is 16.7. The molecule has 3 unspecified atom stereocenters. The minimum absolute atomic E-state index is 0.0190. The van der Waals surface area contributed by atoms with Crippen LogP contribution in [0, 0.1) is 17.5 Å². The minimum Gasteiger partial charge on any atom is -0.393 e. The van der Waals surface area contributed by atoms with E-state index in [2.05, 4.69) is 25.6 Å². The lowest BCUT2D eigenvalue weighted by atomic mass is 9.93. The number of hydrogen-bond acceptors (Lipinski definition) is 7. The van der Waals surface area contributed by atoms with Crippen LogP contribution >= 0.6 is 0 Å². The highest BCUT2D eigenvalue weighted by Gasteiger charge is 2.27. The zero-order valence-corrected chi connectivity index (χ0v) is 16.8. The van der Waals surface area contributed by atoms with Gasteiger partial charge >= 0.3 is 0 Å². The zero-order chi connectivity index (χ0) is 25.9. The van der Waals surface area contributed by atoms with Gasteiger partial charge in [-0.15, -0.1) is 0 Å². The lowest BCUT2D eigenvalue weighted by Crippen LogP contribution is -2.29. The van der Waals surface area contributed by atoms with E-state index >= 15 is 0 Å². The summed E-state index contributed by atoms with van der Waals surface area (Å²) in [6, 6.07) is -0.785. The second kappa shape index (κ2) is 8.55. The number of benzene rings is 1. The van der Waals surface area contributed by atoms with Crippen molar-refractivity contribution in [1.82, 2.24) is 19.5 Å². The number of aliphatic hydroxyl groups is 1. The third-order valence-corrected chi connectivity index (χ3v) is 5.41. The molecule has 0 bridgehead atoms. The van der Waals surface area contributed by atoms with Gasteiger partial charge in [-0.2, -0.15) is 4.98 Å². The van der Waals surface area contributed by atoms with Gasteiger partial charge in [0.05, 0.1) is 27.7 Å². The van der Waals surface area contributed by atoms with Crippen molar-refractivity contribution in [2.75, 3.05) is 23.8 Å². The fourth-order valence-corrected chi connectivity index (χ4v) is 3.80. The summed E-state index contributed by atoms with van der Waals surface area (Å²) in [4.78, 5) is 13.0. The van der Waals surface area contributed by atoms with Gasteiger partial charge in [-0.25, -0.2) is 23.1 Å². The molecule has 32 heavy (non-hydrogen) atoms. The van der Waals surface area contributed by atoms with E-state index in [0.717, 1.165) is 0 Å². The summed E-state index contributed by atoms with van der Waals surface area (Å²) in [7, 11) is 0. The maximum Gasteiger partial charge on any atom is 0.224 e.